The van der Waals surface area contributed by atoms with E-state index in [4.69, 9.17) is 4.74 Å². The van der Waals surface area contributed by atoms with Crippen molar-refractivity contribution in [3.63, 3.8) is 0 Å². The van der Waals surface area contributed by atoms with Gasteiger partial charge in [0.1, 0.15) is 5.75 Å². The van der Waals surface area contributed by atoms with E-state index in [-0.39, 0.29) is 36.0 Å². The molecule has 4 rings (SSSR count). The minimum atomic E-state index is -3.12. The molecule has 0 unspecified atom stereocenters. The molecule has 2 amide bonds. The van der Waals surface area contributed by atoms with E-state index in [9.17, 15) is 18.0 Å². The summed E-state index contributed by atoms with van der Waals surface area (Å²) in [6.45, 7) is 0.890. The smallest absolute Gasteiger partial charge is 0.261 e. The summed E-state index contributed by atoms with van der Waals surface area (Å²) in [6.07, 6.45) is 1.88. The number of benzene rings is 2. The monoisotopic (exact) mass is 442 g/mol. The van der Waals surface area contributed by atoms with Gasteiger partial charge in [-0.1, -0.05) is 30.3 Å². The first kappa shape index (κ1) is 21.4. The van der Waals surface area contributed by atoms with E-state index >= 15 is 0 Å². The largest absolute Gasteiger partial charge is 0.484 e. The Balaban J connectivity index is 1.41. The molecule has 0 aliphatic carbocycles. The van der Waals surface area contributed by atoms with Crippen LogP contribution in [-0.2, 0) is 26.0 Å². The van der Waals surface area contributed by atoms with Crippen molar-refractivity contribution in [1.29, 1.82) is 0 Å². The SMILES string of the molecule is O=C1CCCN1c1ccc(OCC(=O)N(Cc2ccccc2)[C@H]2CCS(=O)(=O)C2)cc1. The molecular weight excluding hydrogens is 416 g/mol. The first-order valence-corrected chi connectivity index (χ1v) is 12.3. The molecule has 31 heavy (non-hydrogen) atoms. The van der Waals surface area contributed by atoms with Gasteiger partial charge in [0.05, 0.1) is 11.5 Å². The van der Waals surface area contributed by atoms with Crippen molar-refractivity contribution in [2.24, 2.45) is 0 Å². The second-order valence-electron chi connectivity index (χ2n) is 8.00. The third kappa shape index (κ3) is 5.25. The van der Waals surface area contributed by atoms with Gasteiger partial charge in [-0.3, -0.25) is 9.59 Å². The Labute approximate surface area is 182 Å². The molecule has 0 radical (unpaired) electrons. The van der Waals surface area contributed by atoms with Gasteiger partial charge in [0.15, 0.2) is 16.4 Å². The highest BCUT2D eigenvalue weighted by Crippen LogP contribution is 2.24. The molecule has 2 saturated heterocycles. The number of amides is 2. The number of hydrogen-bond acceptors (Lipinski definition) is 5. The van der Waals surface area contributed by atoms with Gasteiger partial charge in [-0.15, -0.1) is 0 Å². The van der Waals surface area contributed by atoms with Crippen molar-refractivity contribution >= 4 is 27.3 Å². The summed E-state index contributed by atoms with van der Waals surface area (Å²) in [6, 6.07) is 16.3. The molecule has 2 aromatic rings. The first-order valence-electron chi connectivity index (χ1n) is 10.5. The molecule has 2 aliphatic heterocycles. The molecular formula is C23H26N2O5S. The highest BCUT2D eigenvalue weighted by molar-refractivity contribution is 7.91. The highest BCUT2D eigenvalue weighted by Gasteiger charge is 2.34. The van der Waals surface area contributed by atoms with Crippen molar-refractivity contribution in [2.45, 2.75) is 31.8 Å². The molecule has 2 aromatic carbocycles. The Bertz CT molecular complexity index is 1040. The molecule has 2 aliphatic rings. The van der Waals surface area contributed by atoms with E-state index < -0.39 is 9.84 Å². The minimum Gasteiger partial charge on any atom is -0.484 e. The Hall–Kier alpha value is -2.87. The Kier molecular flexibility index (Phi) is 6.27. The van der Waals surface area contributed by atoms with Crippen LogP contribution in [0.2, 0.25) is 0 Å². The lowest BCUT2D eigenvalue weighted by Gasteiger charge is -2.28. The summed E-state index contributed by atoms with van der Waals surface area (Å²) in [5.74, 6) is 0.497. The lowest BCUT2D eigenvalue weighted by molar-refractivity contribution is -0.136. The van der Waals surface area contributed by atoms with E-state index in [1.807, 2.05) is 42.5 Å². The number of carbonyl (C=O) groups excluding carboxylic acids is 2. The van der Waals surface area contributed by atoms with E-state index in [2.05, 4.69) is 0 Å². The Morgan fingerprint density at radius 2 is 1.84 bits per heavy atom. The average molecular weight is 443 g/mol. The molecule has 0 saturated carbocycles. The normalized spacial score (nSPS) is 20.1. The molecule has 2 fully saturated rings. The van der Waals surface area contributed by atoms with Crippen molar-refractivity contribution in [2.75, 3.05) is 29.6 Å². The summed E-state index contributed by atoms with van der Waals surface area (Å²) in [5, 5.41) is 0. The standard InChI is InChI=1S/C23H26N2O5S/c26-22-7-4-13-24(22)19-8-10-21(11-9-19)30-16-23(27)25(15-18-5-2-1-3-6-18)20-12-14-31(28,29)17-20/h1-3,5-6,8-11,20H,4,7,12-17H2/t20-/m0/s1. The summed E-state index contributed by atoms with van der Waals surface area (Å²) in [7, 11) is -3.12. The van der Waals surface area contributed by atoms with E-state index in [1.54, 1.807) is 21.9 Å². The number of sulfone groups is 1. The van der Waals surface area contributed by atoms with Crippen LogP contribution in [0.4, 0.5) is 5.69 Å². The number of anilines is 1. The van der Waals surface area contributed by atoms with Gasteiger partial charge in [0, 0.05) is 31.2 Å². The third-order valence-electron chi connectivity index (χ3n) is 5.75. The molecule has 0 N–H and O–H groups in total. The van der Waals surface area contributed by atoms with Gasteiger partial charge in [-0.05, 0) is 42.7 Å². The maximum atomic E-state index is 13.0. The van der Waals surface area contributed by atoms with Gasteiger partial charge in [0.25, 0.3) is 5.91 Å². The van der Waals surface area contributed by atoms with E-state index in [0.717, 1.165) is 24.2 Å². The van der Waals surface area contributed by atoms with Gasteiger partial charge in [-0.25, -0.2) is 8.42 Å². The van der Waals surface area contributed by atoms with Crippen LogP contribution in [0.25, 0.3) is 0 Å². The zero-order chi connectivity index (χ0) is 21.8. The number of hydrogen-bond donors (Lipinski definition) is 0. The van der Waals surface area contributed by atoms with Crippen molar-refractivity contribution in [1.82, 2.24) is 4.90 Å². The first-order chi connectivity index (χ1) is 14.9. The Morgan fingerprint density at radius 3 is 2.45 bits per heavy atom. The third-order valence-corrected chi connectivity index (χ3v) is 7.50. The second kappa shape index (κ2) is 9.09. The molecule has 1 atom stereocenters. The number of nitrogens with zero attached hydrogens (tertiary/aromatic N) is 2. The van der Waals surface area contributed by atoms with Crippen LogP contribution in [0, 0.1) is 0 Å². The topological polar surface area (TPSA) is 84.0 Å². The van der Waals surface area contributed by atoms with Crippen LogP contribution < -0.4 is 9.64 Å². The zero-order valence-electron chi connectivity index (χ0n) is 17.3. The van der Waals surface area contributed by atoms with Crippen LogP contribution in [0.15, 0.2) is 54.6 Å². The molecule has 7 nitrogen and oxygen atoms in total. The maximum Gasteiger partial charge on any atom is 0.261 e. The zero-order valence-corrected chi connectivity index (χ0v) is 18.1. The maximum absolute atomic E-state index is 13.0. The van der Waals surface area contributed by atoms with E-state index in [1.165, 1.54) is 0 Å². The summed E-state index contributed by atoms with van der Waals surface area (Å²) < 4.78 is 29.6. The molecule has 0 aromatic heterocycles. The van der Waals surface area contributed by atoms with Crippen LogP contribution >= 0.6 is 0 Å². The van der Waals surface area contributed by atoms with Crippen molar-refractivity contribution in [3.8, 4) is 5.75 Å². The average Bonchev–Trinajstić information content (AvgIpc) is 3.36. The van der Waals surface area contributed by atoms with Gasteiger partial charge < -0.3 is 14.5 Å². The number of ether oxygens (including phenoxy) is 1. The van der Waals surface area contributed by atoms with Gasteiger partial charge in [0.2, 0.25) is 5.91 Å². The molecule has 164 valence electrons. The van der Waals surface area contributed by atoms with Crippen molar-refractivity contribution in [3.05, 3.63) is 60.2 Å². The fourth-order valence-electron chi connectivity index (χ4n) is 4.09. The second-order valence-corrected chi connectivity index (χ2v) is 10.2. The van der Waals surface area contributed by atoms with Gasteiger partial charge >= 0.3 is 0 Å². The molecule has 2 heterocycles. The Morgan fingerprint density at radius 1 is 1.10 bits per heavy atom. The highest BCUT2D eigenvalue weighted by atomic mass is 32.2. The molecule has 0 spiro atoms. The summed E-state index contributed by atoms with van der Waals surface area (Å²) in [4.78, 5) is 28.2. The van der Waals surface area contributed by atoms with Crippen LogP contribution in [-0.4, -0.2) is 55.8 Å². The van der Waals surface area contributed by atoms with Crippen LogP contribution in [0.1, 0.15) is 24.8 Å². The predicted octanol–water partition coefficient (Wildman–Crippen LogP) is 2.41. The fraction of sp³-hybridized carbons (Fsp3) is 0.391. The van der Waals surface area contributed by atoms with Crippen LogP contribution in [0.3, 0.4) is 0 Å². The summed E-state index contributed by atoms with van der Waals surface area (Å²) >= 11 is 0. The number of rotatable bonds is 7. The minimum absolute atomic E-state index is 0.00979. The van der Waals surface area contributed by atoms with Crippen molar-refractivity contribution < 1.29 is 22.7 Å². The fourth-order valence-corrected chi connectivity index (χ4v) is 5.82. The lowest BCUT2D eigenvalue weighted by Crippen LogP contribution is -2.43. The molecule has 0 bridgehead atoms. The van der Waals surface area contributed by atoms with Gasteiger partial charge in [-0.2, -0.15) is 0 Å². The quantitative estimate of drug-likeness (QED) is 0.658. The van der Waals surface area contributed by atoms with Crippen LogP contribution in [0.5, 0.6) is 5.75 Å². The number of carbonyl (C=O) groups is 2. The lowest BCUT2D eigenvalue weighted by atomic mass is 10.1. The summed E-state index contributed by atoms with van der Waals surface area (Å²) in [5.41, 5.74) is 1.77. The molecule has 8 heteroatoms. The van der Waals surface area contributed by atoms with E-state index in [0.29, 0.717) is 25.1 Å². The predicted molar refractivity (Wildman–Crippen MR) is 118 cm³/mol.